The van der Waals surface area contributed by atoms with Crippen LogP contribution in [0.15, 0.2) is 48.5 Å². The molecule has 0 aromatic heterocycles. The van der Waals surface area contributed by atoms with Crippen LogP contribution >= 0.6 is 11.6 Å². The molecule has 2 aromatic carbocycles. The predicted octanol–water partition coefficient (Wildman–Crippen LogP) is 2.83. The fourth-order valence-corrected chi connectivity index (χ4v) is 3.70. The Morgan fingerprint density at radius 2 is 1.69 bits per heavy atom. The quantitative estimate of drug-likeness (QED) is 0.710. The first kappa shape index (κ1) is 21.1. The molecular weight excluding hydrogens is 392 g/mol. The average Bonchev–Trinajstić information content (AvgIpc) is 2.77. The van der Waals surface area contributed by atoms with Crippen LogP contribution in [0.2, 0.25) is 5.02 Å². The Bertz CT molecular complexity index is 848. The van der Waals surface area contributed by atoms with E-state index in [9.17, 15) is 9.59 Å². The van der Waals surface area contributed by atoms with Crippen molar-refractivity contribution < 1.29 is 19.1 Å². The number of rotatable bonds is 6. The summed E-state index contributed by atoms with van der Waals surface area (Å²) < 4.78 is 10.7. The summed E-state index contributed by atoms with van der Waals surface area (Å²) in [7, 11) is 1.63. The van der Waals surface area contributed by atoms with E-state index in [0.29, 0.717) is 24.8 Å². The predicted molar refractivity (Wildman–Crippen MR) is 111 cm³/mol. The maximum absolute atomic E-state index is 12.4. The maximum Gasteiger partial charge on any atom is 0.309 e. The zero-order chi connectivity index (χ0) is 20.7. The highest BCUT2D eigenvalue weighted by Crippen LogP contribution is 2.35. The smallest absolute Gasteiger partial charge is 0.309 e. The van der Waals surface area contributed by atoms with Crippen LogP contribution in [0.25, 0.3) is 0 Å². The van der Waals surface area contributed by atoms with Gasteiger partial charge in [0.15, 0.2) is 0 Å². The Morgan fingerprint density at radius 3 is 2.34 bits per heavy atom. The molecule has 1 saturated heterocycles. The number of nitrogens with one attached hydrogen (secondary N) is 2. The molecule has 154 valence electrons. The normalized spacial score (nSPS) is 15.4. The van der Waals surface area contributed by atoms with Crippen LogP contribution in [0.5, 0.6) is 5.75 Å². The Labute approximate surface area is 175 Å². The fourth-order valence-electron chi connectivity index (χ4n) is 3.50. The van der Waals surface area contributed by atoms with Gasteiger partial charge in [0, 0.05) is 36.7 Å². The fraction of sp³-hybridized carbons (Fsp3) is 0.364. The molecule has 0 spiro atoms. The molecule has 29 heavy (non-hydrogen) atoms. The Hall–Kier alpha value is -2.57. The minimum atomic E-state index is -0.679. The number of halogens is 1. The van der Waals surface area contributed by atoms with Gasteiger partial charge in [0.25, 0.3) is 0 Å². The molecule has 1 aliphatic heterocycles. The van der Waals surface area contributed by atoms with E-state index in [-0.39, 0.29) is 12.0 Å². The molecule has 7 heteroatoms. The number of methoxy groups -OCH3 is 1. The van der Waals surface area contributed by atoms with Crippen molar-refractivity contribution in [3.63, 3.8) is 0 Å². The summed E-state index contributed by atoms with van der Waals surface area (Å²) >= 11 is 6.09. The van der Waals surface area contributed by atoms with Crippen LogP contribution in [-0.4, -0.2) is 38.7 Å². The van der Waals surface area contributed by atoms with Crippen LogP contribution in [0.1, 0.15) is 24.0 Å². The molecule has 0 unspecified atom stereocenters. The summed E-state index contributed by atoms with van der Waals surface area (Å²) in [4.78, 5) is 24.6. The van der Waals surface area contributed by atoms with E-state index in [4.69, 9.17) is 21.1 Å². The molecule has 0 bridgehead atoms. The van der Waals surface area contributed by atoms with E-state index >= 15 is 0 Å². The van der Waals surface area contributed by atoms with Gasteiger partial charge in [-0.2, -0.15) is 0 Å². The second kappa shape index (κ2) is 9.76. The van der Waals surface area contributed by atoms with Gasteiger partial charge in [0.1, 0.15) is 5.75 Å². The van der Waals surface area contributed by atoms with Crippen molar-refractivity contribution in [2.75, 3.05) is 26.9 Å². The highest BCUT2D eigenvalue weighted by molar-refractivity contribution is 6.35. The molecule has 0 radical (unpaired) electrons. The van der Waals surface area contributed by atoms with Crippen molar-refractivity contribution in [2.45, 2.75) is 24.8 Å². The monoisotopic (exact) mass is 416 g/mol. The summed E-state index contributed by atoms with van der Waals surface area (Å²) in [5, 5.41) is 5.97. The largest absolute Gasteiger partial charge is 0.497 e. The number of carbonyl (C=O) groups is 2. The van der Waals surface area contributed by atoms with E-state index in [1.54, 1.807) is 19.2 Å². The zero-order valence-electron chi connectivity index (χ0n) is 16.4. The van der Waals surface area contributed by atoms with E-state index in [1.165, 1.54) is 0 Å². The van der Waals surface area contributed by atoms with E-state index < -0.39 is 11.8 Å². The number of hydrogen-bond donors (Lipinski definition) is 2. The summed E-state index contributed by atoms with van der Waals surface area (Å²) in [5.41, 5.74) is 1.58. The van der Waals surface area contributed by atoms with Crippen LogP contribution in [0.3, 0.4) is 0 Å². The molecule has 2 amide bonds. The molecule has 2 N–H and O–H groups in total. The third kappa shape index (κ3) is 5.28. The molecule has 1 fully saturated rings. The third-order valence-corrected chi connectivity index (χ3v) is 5.71. The number of amides is 2. The number of benzene rings is 2. The standard InChI is InChI=1S/C22H25ClN2O4/c1-28-18-8-6-17(7-9-18)22(10-12-29-13-11-22)15-25-21(27)20(26)24-14-16-4-2-3-5-19(16)23/h2-9H,10-15H2,1H3,(H,24,26)(H,25,27). The second-order valence-electron chi connectivity index (χ2n) is 7.08. The summed E-state index contributed by atoms with van der Waals surface area (Å²) in [6, 6.07) is 15.0. The lowest BCUT2D eigenvalue weighted by Crippen LogP contribution is -2.48. The van der Waals surface area contributed by atoms with E-state index in [1.807, 2.05) is 36.4 Å². The van der Waals surface area contributed by atoms with Gasteiger partial charge in [-0.25, -0.2) is 0 Å². The van der Waals surface area contributed by atoms with Crippen LogP contribution in [0.4, 0.5) is 0 Å². The SMILES string of the molecule is COc1ccc(C2(CNC(=O)C(=O)NCc3ccccc3Cl)CCOCC2)cc1. The van der Waals surface area contributed by atoms with Gasteiger partial charge in [-0.1, -0.05) is 41.9 Å². The minimum absolute atomic E-state index is 0.198. The third-order valence-electron chi connectivity index (χ3n) is 5.34. The molecule has 0 saturated carbocycles. The molecule has 1 heterocycles. The maximum atomic E-state index is 12.4. The van der Waals surface area contributed by atoms with Crippen LogP contribution in [0, 0.1) is 0 Å². The van der Waals surface area contributed by atoms with Gasteiger partial charge in [0.2, 0.25) is 0 Å². The topological polar surface area (TPSA) is 76.7 Å². The number of hydrogen-bond acceptors (Lipinski definition) is 4. The van der Waals surface area contributed by atoms with Crippen molar-refractivity contribution in [1.29, 1.82) is 0 Å². The van der Waals surface area contributed by atoms with Crippen LogP contribution < -0.4 is 15.4 Å². The Morgan fingerprint density at radius 1 is 1.03 bits per heavy atom. The van der Waals surface area contributed by atoms with E-state index in [0.717, 1.165) is 29.7 Å². The highest BCUT2D eigenvalue weighted by atomic mass is 35.5. The Kier molecular flexibility index (Phi) is 7.12. The van der Waals surface area contributed by atoms with Crippen molar-refractivity contribution >= 4 is 23.4 Å². The molecule has 1 aliphatic rings. The molecular formula is C22H25ClN2O4. The first-order chi connectivity index (χ1) is 14.0. The van der Waals surface area contributed by atoms with Crippen molar-refractivity contribution in [3.05, 3.63) is 64.7 Å². The lowest BCUT2D eigenvalue weighted by Gasteiger charge is -2.38. The van der Waals surface area contributed by atoms with Crippen molar-refractivity contribution in [2.24, 2.45) is 0 Å². The van der Waals surface area contributed by atoms with E-state index in [2.05, 4.69) is 10.6 Å². The summed E-state index contributed by atoms with van der Waals surface area (Å²) in [6.45, 7) is 1.78. The summed E-state index contributed by atoms with van der Waals surface area (Å²) in [6.07, 6.45) is 1.53. The van der Waals surface area contributed by atoms with Crippen molar-refractivity contribution in [1.82, 2.24) is 10.6 Å². The molecule has 3 rings (SSSR count). The summed E-state index contributed by atoms with van der Waals surface area (Å²) in [5.74, 6) is -0.558. The van der Waals surface area contributed by atoms with Crippen molar-refractivity contribution in [3.8, 4) is 5.75 Å². The lowest BCUT2D eigenvalue weighted by molar-refractivity contribution is -0.139. The molecule has 0 aliphatic carbocycles. The molecule has 0 atom stereocenters. The van der Waals surface area contributed by atoms with Gasteiger partial charge in [-0.15, -0.1) is 0 Å². The van der Waals surface area contributed by atoms with Gasteiger partial charge in [0.05, 0.1) is 7.11 Å². The first-order valence-electron chi connectivity index (χ1n) is 9.56. The van der Waals surface area contributed by atoms with Gasteiger partial charge in [-0.05, 0) is 42.2 Å². The second-order valence-corrected chi connectivity index (χ2v) is 7.49. The Balaban J connectivity index is 1.61. The molecule has 2 aromatic rings. The van der Waals surface area contributed by atoms with Gasteiger partial charge < -0.3 is 20.1 Å². The van der Waals surface area contributed by atoms with Crippen LogP contribution in [-0.2, 0) is 26.3 Å². The lowest BCUT2D eigenvalue weighted by atomic mass is 9.74. The first-order valence-corrected chi connectivity index (χ1v) is 9.93. The van der Waals surface area contributed by atoms with Gasteiger partial charge >= 0.3 is 11.8 Å². The number of carbonyl (C=O) groups excluding carboxylic acids is 2. The minimum Gasteiger partial charge on any atom is -0.497 e. The van der Waals surface area contributed by atoms with Gasteiger partial charge in [-0.3, -0.25) is 9.59 Å². The average molecular weight is 417 g/mol. The highest BCUT2D eigenvalue weighted by Gasteiger charge is 2.35. The number of ether oxygens (including phenoxy) is 2. The molecule has 6 nitrogen and oxygen atoms in total. The zero-order valence-corrected chi connectivity index (χ0v) is 17.1.